The SMILES string of the molecule is Cc1ccc2c(c1)S(=O)(=O)N=C(C(=O)CCC(c1ccccc1)c1ccccc1)N2. The monoisotopic (exact) mass is 418 g/mol. The minimum Gasteiger partial charge on any atom is -0.335 e. The van der Waals surface area contributed by atoms with Crippen LogP contribution in [0.1, 0.15) is 35.4 Å². The number of fused-ring (bicyclic) bond motifs is 1. The van der Waals surface area contributed by atoms with Crippen molar-refractivity contribution in [3.8, 4) is 0 Å². The quantitative estimate of drug-likeness (QED) is 0.630. The van der Waals surface area contributed by atoms with E-state index in [0.29, 0.717) is 12.1 Å². The maximum Gasteiger partial charge on any atom is 0.286 e. The number of nitrogens with zero attached hydrogens (tertiary/aromatic N) is 1. The van der Waals surface area contributed by atoms with Gasteiger partial charge in [-0.15, -0.1) is 4.40 Å². The van der Waals surface area contributed by atoms with Crippen molar-refractivity contribution < 1.29 is 13.2 Å². The average Bonchev–Trinajstić information content (AvgIpc) is 2.75. The van der Waals surface area contributed by atoms with Gasteiger partial charge in [-0.2, -0.15) is 8.42 Å². The Hall–Kier alpha value is -3.25. The molecule has 1 N–H and O–H groups in total. The highest BCUT2D eigenvalue weighted by Gasteiger charge is 2.28. The molecule has 0 unspecified atom stereocenters. The summed E-state index contributed by atoms with van der Waals surface area (Å²) in [6, 6.07) is 25.0. The Balaban J connectivity index is 1.56. The number of Topliss-reactive ketones (excluding diaryl/α,β-unsaturated/α-hetero) is 1. The number of hydrogen-bond acceptors (Lipinski definition) is 4. The van der Waals surface area contributed by atoms with E-state index in [1.54, 1.807) is 18.2 Å². The number of sulfonamides is 1. The third-order valence-corrected chi connectivity index (χ3v) is 6.52. The molecule has 0 radical (unpaired) electrons. The lowest BCUT2D eigenvalue weighted by molar-refractivity contribution is -0.113. The minimum absolute atomic E-state index is 0.0343. The van der Waals surface area contributed by atoms with Gasteiger partial charge in [-0.05, 0) is 42.2 Å². The summed E-state index contributed by atoms with van der Waals surface area (Å²) in [7, 11) is -3.90. The molecule has 3 aromatic rings. The van der Waals surface area contributed by atoms with Gasteiger partial charge in [-0.1, -0.05) is 66.7 Å². The molecule has 0 amide bonds. The Morgan fingerprint density at radius 1 is 0.933 bits per heavy atom. The molecule has 5 nitrogen and oxygen atoms in total. The van der Waals surface area contributed by atoms with Crippen LogP contribution in [0.5, 0.6) is 0 Å². The van der Waals surface area contributed by atoms with Crippen LogP contribution in [0.25, 0.3) is 0 Å². The van der Waals surface area contributed by atoms with Crippen molar-refractivity contribution in [1.82, 2.24) is 0 Å². The summed E-state index contributed by atoms with van der Waals surface area (Å²) in [5.41, 5.74) is 3.44. The Kier molecular flexibility index (Phi) is 5.50. The van der Waals surface area contributed by atoms with Crippen molar-refractivity contribution in [2.45, 2.75) is 30.6 Å². The molecule has 0 atom stereocenters. The molecule has 0 saturated carbocycles. The highest BCUT2D eigenvalue weighted by Crippen LogP contribution is 2.31. The molecule has 0 saturated heterocycles. The van der Waals surface area contributed by atoms with Gasteiger partial charge < -0.3 is 5.32 Å². The Morgan fingerprint density at radius 3 is 2.13 bits per heavy atom. The number of carbonyl (C=O) groups excluding carboxylic acids is 1. The number of amidine groups is 1. The molecule has 0 aliphatic carbocycles. The first-order valence-electron chi connectivity index (χ1n) is 9.80. The van der Waals surface area contributed by atoms with Gasteiger partial charge in [-0.25, -0.2) is 0 Å². The smallest absolute Gasteiger partial charge is 0.286 e. The fourth-order valence-corrected chi connectivity index (χ4v) is 4.89. The first kappa shape index (κ1) is 20.0. The molecule has 0 aromatic heterocycles. The molecule has 1 aliphatic rings. The van der Waals surface area contributed by atoms with E-state index in [1.807, 2.05) is 67.6 Å². The van der Waals surface area contributed by atoms with Crippen LogP contribution in [-0.4, -0.2) is 20.0 Å². The lowest BCUT2D eigenvalue weighted by atomic mass is 9.87. The van der Waals surface area contributed by atoms with Crippen molar-refractivity contribution in [1.29, 1.82) is 0 Å². The number of rotatable bonds is 6. The molecule has 30 heavy (non-hydrogen) atoms. The van der Waals surface area contributed by atoms with Crippen LogP contribution in [-0.2, 0) is 14.8 Å². The summed E-state index contributed by atoms with van der Waals surface area (Å²) in [6.45, 7) is 1.81. The van der Waals surface area contributed by atoms with E-state index in [9.17, 15) is 13.2 Å². The van der Waals surface area contributed by atoms with Gasteiger partial charge in [0.05, 0.1) is 5.69 Å². The standard InChI is InChI=1S/C24H22N2O3S/c1-17-12-14-21-23(16-17)30(28,29)26-24(25-21)22(27)15-13-20(18-8-4-2-5-9-18)19-10-6-3-7-11-19/h2-12,14,16,20H,13,15H2,1H3,(H,25,26). The maximum atomic E-state index is 12.9. The number of benzene rings is 3. The van der Waals surface area contributed by atoms with E-state index in [-0.39, 0.29) is 28.9 Å². The third kappa shape index (κ3) is 4.19. The Bertz CT molecular complexity index is 1160. The van der Waals surface area contributed by atoms with Gasteiger partial charge in [0.2, 0.25) is 0 Å². The van der Waals surface area contributed by atoms with Crippen molar-refractivity contribution >= 4 is 27.3 Å². The topological polar surface area (TPSA) is 75.6 Å². The fourth-order valence-electron chi connectivity index (χ4n) is 3.68. The largest absolute Gasteiger partial charge is 0.335 e. The molecule has 3 aromatic carbocycles. The molecule has 4 rings (SSSR count). The number of nitrogens with one attached hydrogen (secondary N) is 1. The number of carbonyl (C=O) groups is 1. The zero-order chi connectivity index (χ0) is 21.1. The van der Waals surface area contributed by atoms with Gasteiger partial charge in [-0.3, -0.25) is 4.79 Å². The van der Waals surface area contributed by atoms with Gasteiger partial charge in [0.15, 0.2) is 11.6 Å². The van der Waals surface area contributed by atoms with Crippen LogP contribution in [0, 0.1) is 6.92 Å². The summed E-state index contributed by atoms with van der Waals surface area (Å²) >= 11 is 0. The van der Waals surface area contributed by atoms with Gasteiger partial charge in [0.1, 0.15) is 4.90 Å². The molecule has 0 spiro atoms. The zero-order valence-corrected chi connectivity index (χ0v) is 17.4. The first-order chi connectivity index (χ1) is 14.4. The number of hydrogen-bond donors (Lipinski definition) is 1. The van der Waals surface area contributed by atoms with Crippen molar-refractivity contribution in [3.63, 3.8) is 0 Å². The molecule has 0 fully saturated rings. The van der Waals surface area contributed by atoms with Crippen LogP contribution in [0.3, 0.4) is 0 Å². The lowest BCUT2D eigenvalue weighted by Gasteiger charge is -2.20. The molecular formula is C24H22N2O3S. The number of aryl methyl sites for hydroxylation is 1. The maximum absolute atomic E-state index is 12.9. The van der Waals surface area contributed by atoms with Crippen LogP contribution >= 0.6 is 0 Å². The second-order valence-electron chi connectivity index (χ2n) is 7.38. The summed E-state index contributed by atoms with van der Waals surface area (Å²) in [6.07, 6.45) is 0.728. The summed E-state index contributed by atoms with van der Waals surface area (Å²) < 4.78 is 28.8. The second kappa shape index (κ2) is 8.24. The molecule has 6 heteroatoms. The molecule has 1 aliphatic heterocycles. The average molecular weight is 419 g/mol. The molecule has 1 heterocycles. The van der Waals surface area contributed by atoms with Crippen LogP contribution < -0.4 is 5.32 Å². The van der Waals surface area contributed by atoms with E-state index in [1.165, 1.54) is 0 Å². The van der Waals surface area contributed by atoms with E-state index >= 15 is 0 Å². The molecular weight excluding hydrogens is 396 g/mol. The zero-order valence-electron chi connectivity index (χ0n) is 16.6. The van der Waals surface area contributed by atoms with Crippen LogP contribution in [0.15, 0.2) is 88.2 Å². The Morgan fingerprint density at radius 2 is 1.53 bits per heavy atom. The van der Waals surface area contributed by atoms with Crippen molar-refractivity contribution in [2.24, 2.45) is 4.40 Å². The second-order valence-corrected chi connectivity index (χ2v) is 8.95. The van der Waals surface area contributed by atoms with Crippen molar-refractivity contribution in [2.75, 3.05) is 5.32 Å². The lowest BCUT2D eigenvalue weighted by Crippen LogP contribution is -2.29. The summed E-state index contributed by atoms with van der Waals surface area (Å²) in [4.78, 5) is 13.0. The predicted octanol–water partition coefficient (Wildman–Crippen LogP) is 4.69. The van der Waals surface area contributed by atoms with Gasteiger partial charge in [0.25, 0.3) is 10.0 Å². The number of ketones is 1. The van der Waals surface area contributed by atoms with E-state index in [2.05, 4.69) is 9.71 Å². The summed E-state index contributed by atoms with van der Waals surface area (Å²) in [5.74, 6) is -0.403. The number of anilines is 1. The normalized spacial score (nSPS) is 14.5. The van der Waals surface area contributed by atoms with Crippen LogP contribution in [0.2, 0.25) is 0 Å². The van der Waals surface area contributed by atoms with Gasteiger partial charge >= 0.3 is 0 Å². The van der Waals surface area contributed by atoms with E-state index in [0.717, 1.165) is 16.7 Å². The van der Waals surface area contributed by atoms with Crippen LogP contribution in [0.4, 0.5) is 5.69 Å². The fraction of sp³-hybridized carbons (Fsp3) is 0.167. The van der Waals surface area contributed by atoms with Crippen molar-refractivity contribution in [3.05, 3.63) is 95.6 Å². The molecule has 152 valence electrons. The molecule has 0 bridgehead atoms. The first-order valence-corrected chi connectivity index (χ1v) is 11.2. The highest BCUT2D eigenvalue weighted by atomic mass is 32.2. The third-order valence-electron chi connectivity index (χ3n) is 5.21. The Labute approximate surface area is 176 Å². The van der Waals surface area contributed by atoms with E-state index < -0.39 is 10.0 Å². The van der Waals surface area contributed by atoms with Gasteiger partial charge in [0, 0.05) is 12.3 Å². The summed E-state index contributed by atoms with van der Waals surface area (Å²) in [5, 5.41) is 2.90. The highest BCUT2D eigenvalue weighted by molar-refractivity contribution is 7.90. The minimum atomic E-state index is -3.90. The van der Waals surface area contributed by atoms with E-state index in [4.69, 9.17) is 0 Å². The predicted molar refractivity (Wildman–Crippen MR) is 118 cm³/mol.